The van der Waals surface area contributed by atoms with Crippen molar-refractivity contribution in [3.05, 3.63) is 40.5 Å². The number of rotatable bonds is 1. The molecule has 118 valence electrons. The van der Waals surface area contributed by atoms with Gasteiger partial charge in [0, 0.05) is 5.69 Å². The first-order valence-electron chi connectivity index (χ1n) is 6.69. The van der Waals surface area contributed by atoms with Crippen molar-refractivity contribution in [1.82, 2.24) is 29.1 Å². The van der Waals surface area contributed by atoms with E-state index in [1.807, 2.05) is 19.9 Å². The summed E-state index contributed by atoms with van der Waals surface area (Å²) >= 11 is 0. The lowest BCUT2D eigenvalue weighted by Crippen LogP contribution is -2.26. The van der Waals surface area contributed by atoms with Crippen molar-refractivity contribution < 1.29 is 0 Å². The van der Waals surface area contributed by atoms with Gasteiger partial charge >= 0.3 is 0 Å². The summed E-state index contributed by atoms with van der Waals surface area (Å²) in [5.41, 5.74) is 6.95. The quantitative estimate of drug-likeness (QED) is 0.440. The van der Waals surface area contributed by atoms with Crippen LogP contribution in [0.2, 0.25) is 0 Å². The summed E-state index contributed by atoms with van der Waals surface area (Å²) in [5, 5.41) is 38.4. The molecule has 0 aliphatic rings. The third kappa shape index (κ3) is 2.17. The van der Waals surface area contributed by atoms with Gasteiger partial charge in [-0.2, -0.15) is 34.9 Å². The highest BCUT2D eigenvalue weighted by molar-refractivity contribution is 5.80. The number of nitriles is 2. The van der Waals surface area contributed by atoms with Crippen molar-refractivity contribution in [3.63, 3.8) is 0 Å². The third-order valence-corrected chi connectivity index (χ3v) is 3.22. The Morgan fingerprint density at radius 3 is 2.67 bits per heavy atom. The Kier molecular flexibility index (Phi) is 3.32. The Morgan fingerprint density at radius 1 is 1.33 bits per heavy atom. The number of nitrogens with two attached hydrogens (primary N) is 1. The molecule has 3 aromatic rings. The molecule has 0 aliphatic heterocycles. The molecule has 11 heteroatoms. The van der Waals surface area contributed by atoms with E-state index in [1.165, 1.54) is 15.7 Å². The van der Waals surface area contributed by atoms with Gasteiger partial charge in [-0.15, -0.1) is 5.10 Å². The largest absolute Gasteiger partial charge is 0.366 e. The number of hydrogen-bond acceptors (Lipinski definition) is 7. The first kappa shape index (κ1) is 14.9. The number of fused-ring (bicyclic) bond motifs is 1. The molecule has 0 aromatic carbocycles. The van der Waals surface area contributed by atoms with Crippen molar-refractivity contribution in [3.8, 4) is 12.1 Å². The van der Waals surface area contributed by atoms with E-state index in [-0.39, 0.29) is 28.5 Å². The summed E-state index contributed by atoms with van der Waals surface area (Å²) in [6, 6.07) is 5.41. The number of aryl methyl sites for hydroxylation is 2. The van der Waals surface area contributed by atoms with Gasteiger partial charge in [-0.3, -0.25) is 5.41 Å². The zero-order valence-corrected chi connectivity index (χ0v) is 12.8. The summed E-state index contributed by atoms with van der Waals surface area (Å²) in [4.78, 5) is 4.03. The van der Waals surface area contributed by atoms with Gasteiger partial charge in [0.2, 0.25) is 5.96 Å². The Balaban J connectivity index is 2.22. The van der Waals surface area contributed by atoms with Gasteiger partial charge in [0.05, 0.1) is 5.69 Å². The van der Waals surface area contributed by atoms with E-state index in [0.29, 0.717) is 0 Å². The zero-order valence-electron chi connectivity index (χ0n) is 12.8. The Labute approximate surface area is 135 Å². The number of hydrogen-bond donors (Lipinski definition) is 2. The van der Waals surface area contributed by atoms with Gasteiger partial charge in [0.1, 0.15) is 24.0 Å². The van der Waals surface area contributed by atoms with E-state index in [2.05, 4.69) is 20.3 Å². The number of nitrogens with one attached hydrogen (secondary N) is 1. The van der Waals surface area contributed by atoms with Crippen LogP contribution in [-0.2, 0) is 0 Å². The van der Waals surface area contributed by atoms with E-state index < -0.39 is 0 Å². The lowest BCUT2D eigenvalue weighted by molar-refractivity contribution is 0.809. The molecule has 3 N–H and O–H groups in total. The van der Waals surface area contributed by atoms with Crippen molar-refractivity contribution in [2.24, 2.45) is 10.8 Å². The average molecular weight is 321 g/mol. The second-order valence-corrected chi connectivity index (χ2v) is 4.89. The second kappa shape index (κ2) is 5.33. The van der Waals surface area contributed by atoms with Gasteiger partial charge in [-0.25, -0.2) is 4.68 Å². The molecule has 0 fully saturated rings. The number of aromatic nitrogens is 6. The van der Waals surface area contributed by atoms with Crippen molar-refractivity contribution in [1.29, 1.82) is 15.9 Å². The fourth-order valence-electron chi connectivity index (χ4n) is 2.20. The molecule has 24 heavy (non-hydrogen) atoms. The molecular weight excluding hydrogens is 310 g/mol. The highest BCUT2D eigenvalue weighted by atomic mass is 15.5. The van der Waals surface area contributed by atoms with E-state index in [4.69, 9.17) is 21.7 Å². The Morgan fingerprint density at radius 2 is 2.08 bits per heavy atom. The van der Waals surface area contributed by atoms with Gasteiger partial charge in [0.25, 0.3) is 5.78 Å². The van der Waals surface area contributed by atoms with Crippen LogP contribution in [-0.4, -0.2) is 35.0 Å². The van der Waals surface area contributed by atoms with Crippen molar-refractivity contribution >= 4 is 11.7 Å². The normalized spacial score (nSPS) is 11.4. The molecule has 3 rings (SSSR count). The summed E-state index contributed by atoms with van der Waals surface area (Å²) < 4.78 is 3.76. The van der Waals surface area contributed by atoms with Gasteiger partial charge in [-0.05, 0) is 19.9 Å². The molecule has 0 atom stereocenters. The summed E-state index contributed by atoms with van der Waals surface area (Å²) in [7, 11) is 0. The molecule has 0 aliphatic carbocycles. The topological polar surface area (TPSA) is 163 Å². The van der Waals surface area contributed by atoms with E-state index in [9.17, 15) is 0 Å². The maximum atomic E-state index is 9.10. The molecule has 0 saturated heterocycles. The lowest BCUT2D eigenvalue weighted by Gasteiger charge is -2.03. The molecule has 3 aromatic heterocycles. The van der Waals surface area contributed by atoms with Crippen LogP contribution in [0.15, 0.2) is 17.5 Å². The van der Waals surface area contributed by atoms with Gasteiger partial charge < -0.3 is 5.73 Å². The van der Waals surface area contributed by atoms with E-state index >= 15 is 0 Å². The predicted molar refractivity (Wildman–Crippen MR) is 80.4 cm³/mol. The number of nitrogens with zero attached hydrogens (tertiary/aromatic N) is 9. The van der Waals surface area contributed by atoms with Gasteiger partial charge in [-0.1, -0.05) is 0 Å². The maximum absolute atomic E-state index is 9.10. The smallest absolute Gasteiger partial charge is 0.256 e. The fraction of sp³-hybridized carbons (Fsp3) is 0.154. The standard InChI is InChI=1S/C13H11N11/c1-7-3-8(2)23(20-7)12(17)21-22-6-18-24-11(16)9(4-14)10(5-15)19-13(22)24/h3,6,16H,1-2H3,(H2,17,21). The SMILES string of the molecule is Cc1cc(C)n(/C(N)=N/n2cnn3c(=N)c(C#N)c(C#N)nc23)n1. The molecule has 0 amide bonds. The second-order valence-electron chi connectivity index (χ2n) is 4.89. The molecule has 0 radical (unpaired) electrons. The highest BCUT2D eigenvalue weighted by Gasteiger charge is 2.14. The summed E-state index contributed by atoms with van der Waals surface area (Å²) in [5.74, 6) is 0.150. The van der Waals surface area contributed by atoms with Crippen molar-refractivity contribution in [2.75, 3.05) is 0 Å². The van der Waals surface area contributed by atoms with Crippen LogP contribution in [0, 0.1) is 41.9 Å². The maximum Gasteiger partial charge on any atom is 0.256 e. The molecule has 0 unspecified atom stereocenters. The van der Waals surface area contributed by atoms with Crippen LogP contribution in [0.4, 0.5) is 0 Å². The molecule has 0 bridgehead atoms. The van der Waals surface area contributed by atoms with E-state index in [1.54, 1.807) is 12.1 Å². The average Bonchev–Trinajstić information content (AvgIpc) is 3.10. The zero-order chi connectivity index (χ0) is 17.4. The fourth-order valence-corrected chi connectivity index (χ4v) is 2.20. The van der Waals surface area contributed by atoms with Crippen LogP contribution in [0.3, 0.4) is 0 Å². The van der Waals surface area contributed by atoms with Crippen LogP contribution >= 0.6 is 0 Å². The first-order valence-corrected chi connectivity index (χ1v) is 6.69. The summed E-state index contributed by atoms with van der Waals surface area (Å²) in [6.45, 7) is 3.66. The first-order chi connectivity index (χ1) is 11.5. The van der Waals surface area contributed by atoms with Crippen LogP contribution in [0.5, 0.6) is 0 Å². The van der Waals surface area contributed by atoms with Gasteiger partial charge in [0.15, 0.2) is 11.2 Å². The van der Waals surface area contributed by atoms with Crippen LogP contribution < -0.4 is 11.2 Å². The molecule has 3 heterocycles. The van der Waals surface area contributed by atoms with E-state index in [0.717, 1.165) is 15.9 Å². The minimum atomic E-state index is -0.252. The lowest BCUT2D eigenvalue weighted by atomic mass is 10.2. The minimum Gasteiger partial charge on any atom is -0.366 e. The minimum absolute atomic E-state index is 0.0664. The van der Waals surface area contributed by atoms with Crippen LogP contribution in [0.1, 0.15) is 22.6 Å². The molecule has 11 nitrogen and oxygen atoms in total. The Bertz CT molecular complexity index is 1130. The summed E-state index contributed by atoms with van der Waals surface area (Å²) in [6.07, 6.45) is 1.28. The van der Waals surface area contributed by atoms with Crippen molar-refractivity contribution in [2.45, 2.75) is 13.8 Å². The Hall–Kier alpha value is -3.99. The highest BCUT2D eigenvalue weighted by Crippen LogP contribution is 2.04. The monoisotopic (exact) mass is 321 g/mol. The van der Waals surface area contributed by atoms with Crippen LogP contribution in [0.25, 0.3) is 5.78 Å². The molecular formula is C13H11N11. The predicted octanol–water partition coefficient (Wildman–Crippen LogP) is -0.807. The molecule has 0 spiro atoms. The molecule has 0 saturated carbocycles. The third-order valence-electron chi connectivity index (χ3n) is 3.22.